The summed E-state index contributed by atoms with van der Waals surface area (Å²) < 4.78 is 7.81. The summed E-state index contributed by atoms with van der Waals surface area (Å²) in [5.41, 5.74) is 8.30. The number of aryl methyl sites for hydroxylation is 1. The van der Waals surface area contributed by atoms with Crippen molar-refractivity contribution in [2.45, 2.75) is 149 Å². The normalized spacial score (nSPS) is 16.6. The summed E-state index contributed by atoms with van der Waals surface area (Å²) in [6.45, 7) is 14.4. The SMILES string of the molecule is CCC(C)C(NC(=O)[C@H]1CCCCN1C)C(=O)N(CCCCc1cn(Cc2ccccc2)nn1)C(CC(OC(C)=O)c1nc(C(=O)NC(Cc2ccc(N)cc2)CC(C)(C)C(=O)O)cs1)C(C)C. The van der Waals surface area contributed by atoms with E-state index in [-0.39, 0.29) is 48.2 Å². The monoisotopic (exact) mass is 956 g/mol. The molecule has 3 amide bonds. The minimum atomic E-state index is -1.14. The number of piperidine rings is 1. The smallest absolute Gasteiger partial charge is 0.309 e. The maximum atomic E-state index is 15.2. The molecule has 5 N–H and O–H groups in total. The fourth-order valence-electron chi connectivity index (χ4n) is 8.84. The van der Waals surface area contributed by atoms with Gasteiger partial charge in [0.1, 0.15) is 16.7 Å². The average Bonchev–Trinajstić information content (AvgIpc) is 3.98. The molecule has 0 aliphatic carbocycles. The number of hydrogen-bond donors (Lipinski definition) is 4. The third-order valence-corrected chi connectivity index (χ3v) is 14.0. The molecule has 17 heteroatoms. The van der Waals surface area contributed by atoms with E-state index in [1.165, 1.54) is 18.3 Å². The zero-order valence-electron chi connectivity index (χ0n) is 41.2. The number of nitrogens with zero attached hydrogens (tertiary/aromatic N) is 6. The first-order valence-corrected chi connectivity index (χ1v) is 25.0. The average molecular weight is 956 g/mol. The molecule has 1 aliphatic heterocycles. The Morgan fingerprint density at radius 1 is 1.00 bits per heavy atom. The molecule has 0 bridgehead atoms. The molecule has 5 rings (SSSR count). The Bertz CT molecular complexity index is 2260. The number of likely N-dealkylation sites (N-methyl/N-ethyl adjacent to an activating group) is 1. The Morgan fingerprint density at radius 2 is 1.72 bits per heavy atom. The lowest BCUT2D eigenvalue weighted by Gasteiger charge is -2.40. The van der Waals surface area contributed by atoms with E-state index in [2.05, 4.69) is 25.8 Å². The first kappa shape index (κ1) is 53.3. The van der Waals surface area contributed by atoms with Crippen molar-refractivity contribution in [2.75, 3.05) is 25.9 Å². The van der Waals surface area contributed by atoms with E-state index in [9.17, 15) is 24.3 Å². The summed E-state index contributed by atoms with van der Waals surface area (Å²) >= 11 is 1.18. The number of carbonyl (C=O) groups is 5. The highest BCUT2D eigenvalue weighted by Gasteiger charge is 2.39. The maximum Gasteiger partial charge on any atom is 0.309 e. The Kier molecular flexibility index (Phi) is 19.6. The summed E-state index contributed by atoms with van der Waals surface area (Å²) in [6.07, 6.45) is 7.07. The molecule has 3 heterocycles. The molecule has 16 nitrogen and oxygen atoms in total. The Balaban J connectivity index is 1.40. The number of nitrogens with two attached hydrogens (primary N) is 1. The van der Waals surface area contributed by atoms with Crippen LogP contribution >= 0.6 is 11.3 Å². The van der Waals surface area contributed by atoms with Gasteiger partial charge in [-0.2, -0.15) is 0 Å². The predicted molar refractivity (Wildman–Crippen MR) is 264 cm³/mol. The predicted octanol–water partition coefficient (Wildman–Crippen LogP) is 7.09. The van der Waals surface area contributed by atoms with Crippen LogP contribution in [-0.4, -0.2) is 109 Å². The number of carboxylic acid groups (broad SMARTS) is 1. The molecule has 1 aliphatic rings. The highest BCUT2D eigenvalue weighted by molar-refractivity contribution is 7.09. The van der Waals surface area contributed by atoms with Crippen molar-refractivity contribution in [3.8, 4) is 0 Å². The van der Waals surface area contributed by atoms with Gasteiger partial charge in [0, 0.05) is 49.2 Å². The summed E-state index contributed by atoms with van der Waals surface area (Å²) in [4.78, 5) is 76.7. The standard InChI is InChI=1S/C51H73N9O7S/c1-9-34(4)45(55-47(63)42-20-14-15-25-58(42)8)49(64)60(26-16-13-19-39-31-59(57-56-39)30-37-17-11-10-12-18-37)43(33(2)3)28-44(67-35(5)61)48-54-41(32-68-48)46(62)53-40(29-51(6,7)50(65)66)27-36-21-23-38(52)24-22-36/h10-12,17-18,21-24,31-34,40,42-45H,9,13-16,19-20,25-30,52H2,1-8H3,(H,53,62)(H,55,63)(H,65,66)/t34?,40?,42-,43?,44?,45?/m1/s1. The molecule has 0 radical (unpaired) electrons. The summed E-state index contributed by atoms with van der Waals surface area (Å²) in [7, 11) is 1.95. The van der Waals surface area contributed by atoms with E-state index >= 15 is 4.79 Å². The van der Waals surface area contributed by atoms with Gasteiger partial charge in [-0.15, -0.1) is 16.4 Å². The van der Waals surface area contributed by atoms with Gasteiger partial charge in [-0.25, -0.2) is 9.67 Å². The number of likely N-dealkylation sites (tertiary alicyclic amines) is 1. The van der Waals surface area contributed by atoms with E-state index in [1.807, 2.05) is 93.0 Å². The summed E-state index contributed by atoms with van der Waals surface area (Å²) in [5.74, 6) is -2.68. The van der Waals surface area contributed by atoms with Crippen LogP contribution in [0.25, 0.3) is 0 Å². The zero-order chi connectivity index (χ0) is 49.5. The number of nitrogens with one attached hydrogen (secondary N) is 2. The zero-order valence-corrected chi connectivity index (χ0v) is 42.0. The number of aliphatic carboxylic acids is 1. The van der Waals surface area contributed by atoms with Crippen molar-refractivity contribution in [3.05, 3.63) is 93.7 Å². The number of unbranched alkanes of at least 4 members (excludes halogenated alkanes) is 1. The second-order valence-electron chi connectivity index (χ2n) is 19.5. The molecule has 2 aromatic heterocycles. The van der Waals surface area contributed by atoms with Crippen LogP contribution in [0.15, 0.2) is 66.2 Å². The molecule has 0 spiro atoms. The maximum absolute atomic E-state index is 15.2. The van der Waals surface area contributed by atoms with Crippen molar-refractivity contribution < 1.29 is 33.8 Å². The number of anilines is 1. The Morgan fingerprint density at radius 3 is 2.37 bits per heavy atom. The van der Waals surface area contributed by atoms with Crippen LogP contribution in [0.4, 0.5) is 5.69 Å². The van der Waals surface area contributed by atoms with Gasteiger partial charge in [0.05, 0.1) is 23.7 Å². The van der Waals surface area contributed by atoms with Crippen LogP contribution in [0.5, 0.6) is 0 Å². The highest BCUT2D eigenvalue weighted by atomic mass is 32.1. The van der Waals surface area contributed by atoms with Crippen LogP contribution < -0.4 is 16.4 Å². The number of carbonyl (C=O) groups excluding carboxylic acids is 4. The number of carboxylic acids is 1. The van der Waals surface area contributed by atoms with Gasteiger partial charge in [0.15, 0.2) is 6.10 Å². The number of esters is 1. The van der Waals surface area contributed by atoms with Gasteiger partial charge in [0.2, 0.25) is 11.8 Å². The number of aromatic nitrogens is 4. The van der Waals surface area contributed by atoms with Gasteiger partial charge in [-0.05, 0) is 107 Å². The Labute approximate surface area is 405 Å². The quantitative estimate of drug-likeness (QED) is 0.0298. The van der Waals surface area contributed by atoms with Crippen LogP contribution in [0, 0.1) is 17.3 Å². The largest absolute Gasteiger partial charge is 0.481 e. The molecule has 2 aromatic carbocycles. The molecule has 1 saturated heterocycles. The van der Waals surface area contributed by atoms with E-state index < -0.39 is 47.5 Å². The second kappa shape index (κ2) is 25.1. The number of nitrogen functional groups attached to an aromatic ring is 1. The van der Waals surface area contributed by atoms with Crippen molar-refractivity contribution >= 4 is 46.7 Å². The third kappa shape index (κ3) is 15.4. The van der Waals surface area contributed by atoms with Gasteiger partial charge in [-0.3, -0.25) is 28.9 Å². The van der Waals surface area contributed by atoms with Crippen LogP contribution in [0.2, 0.25) is 0 Å². The first-order valence-electron chi connectivity index (χ1n) is 24.1. The van der Waals surface area contributed by atoms with Gasteiger partial charge in [0.25, 0.3) is 5.91 Å². The molecule has 6 atom stereocenters. The summed E-state index contributed by atoms with van der Waals surface area (Å²) in [5, 5.41) is 26.9. The van der Waals surface area contributed by atoms with Crippen LogP contribution in [-0.2, 0) is 43.3 Å². The lowest BCUT2D eigenvalue weighted by molar-refractivity contribution is -0.150. The minimum absolute atomic E-state index is 0.0968. The van der Waals surface area contributed by atoms with Crippen molar-refractivity contribution in [1.29, 1.82) is 0 Å². The number of amides is 3. The molecule has 370 valence electrons. The van der Waals surface area contributed by atoms with E-state index in [0.29, 0.717) is 55.9 Å². The van der Waals surface area contributed by atoms with Crippen molar-refractivity contribution in [2.24, 2.45) is 17.3 Å². The molecule has 1 fully saturated rings. The first-order chi connectivity index (χ1) is 32.3. The van der Waals surface area contributed by atoms with Crippen molar-refractivity contribution in [1.82, 2.24) is 40.4 Å². The molecular formula is C51H73N9O7S. The van der Waals surface area contributed by atoms with E-state index in [0.717, 1.165) is 42.6 Å². The fourth-order valence-corrected chi connectivity index (χ4v) is 9.68. The van der Waals surface area contributed by atoms with E-state index in [1.54, 1.807) is 31.4 Å². The summed E-state index contributed by atoms with van der Waals surface area (Å²) in [6, 6.07) is 15.1. The number of rotatable bonds is 25. The fraction of sp³-hybridized carbons (Fsp3) is 0.569. The van der Waals surface area contributed by atoms with Crippen LogP contribution in [0.1, 0.15) is 138 Å². The Hall–Kier alpha value is -5.68. The third-order valence-electron chi connectivity index (χ3n) is 13.1. The molecular weight excluding hydrogens is 883 g/mol. The lowest BCUT2D eigenvalue weighted by atomic mass is 9.84. The lowest BCUT2D eigenvalue weighted by Crippen LogP contribution is -2.59. The molecule has 0 saturated carbocycles. The van der Waals surface area contributed by atoms with Crippen LogP contribution in [0.3, 0.4) is 0 Å². The van der Waals surface area contributed by atoms with Crippen molar-refractivity contribution in [3.63, 3.8) is 0 Å². The number of hydrogen-bond acceptors (Lipinski definition) is 12. The number of thiazole rings is 1. The minimum Gasteiger partial charge on any atom is -0.481 e. The topological polar surface area (TPSA) is 215 Å². The highest BCUT2D eigenvalue weighted by Crippen LogP contribution is 2.33. The number of ether oxygens (including phenoxy) is 1. The number of benzene rings is 2. The molecule has 68 heavy (non-hydrogen) atoms. The van der Waals surface area contributed by atoms with Gasteiger partial charge >= 0.3 is 11.9 Å². The van der Waals surface area contributed by atoms with E-state index in [4.69, 9.17) is 15.5 Å². The van der Waals surface area contributed by atoms with Gasteiger partial charge in [-0.1, -0.05) is 88.2 Å². The molecule has 4 aromatic rings. The molecule has 5 unspecified atom stereocenters. The van der Waals surface area contributed by atoms with Gasteiger partial charge < -0.3 is 31.1 Å². The second-order valence-corrected chi connectivity index (χ2v) is 20.4.